The Morgan fingerprint density at radius 2 is 1.93 bits per heavy atom. The zero-order valence-electron chi connectivity index (χ0n) is 17.0. The van der Waals surface area contributed by atoms with E-state index in [-0.39, 0.29) is 36.1 Å². The van der Waals surface area contributed by atoms with Crippen molar-refractivity contribution in [1.29, 1.82) is 0 Å². The third-order valence-electron chi connectivity index (χ3n) is 3.99. The van der Waals surface area contributed by atoms with Crippen LogP contribution in [0.3, 0.4) is 0 Å². The van der Waals surface area contributed by atoms with E-state index in [0.29, 0.717) is 25.7 Å². The lowest BCUT2D eigenvalue weighted by Gasteiger charge is -2.22. The number of nitrogens with zero attached hydrogens (tertiary/aromatic N) is 4. The summed E-state index contributed by atoms with van der Waals surface area (Å²) >= 11 is 0. The van der Waals surface area contributed by atoms with E-state index < -0.39 is 11.9 Å². The van der Waals surface area contributed by atoms with Gasteiger partial charge in [0.2, 0.25) is 0 Å². The highest BCUT2D eigenvalue weighted by atomic mass is 127. The molecule has 6 nitrogen and oxygen atoms in total. The van der Waals surface area contributed by atoms with Gasteiger partial charge in [-0.25, -0.2) is 4.99 Å². The lowest BCUT2D eigenvalue weighted by atomic mass is 10.2. The van der Waals surface area contributed by atoms with E-state index in [1.54, 1.807) is 0 Å². The minimum Gasteiger partial charge on any atom is -0.492 e. The average molecular weight is 525 g/mol. The number of rotatable bonds is 7. The van der Waals surface area contributed by atoms with Crippen LogP contribution < -0.4 is 10.1 Å². The number of likely N-dealkylation sites (N-methyl/N-ethyl adjacent to an activating group) is 1. The van der Waals surface area contributed by atoms with Gasteiger partial charge in [0.1, 0.15) is 12.4 Å². The van der Waals surface area contributed by atoms with Crippen LogP contribution in [0.5, 0.6) is 5.75 Å². The van der Waals surface area contributed by atoms with Crippen LogP contribution in [0, 0.1) is 6.92 Å². The van der Waals surface area contributed by atoms with Gasteiger partial charge in [-0.15, -0.1) is 24.0 Å². The van der Waals surface area contributed by atoms with Crippen LogP contribution in [0.4, 0.5) is 13.2 Å². The van der Waals surface area contributed by atoms with Crippen molar-refractivity contribution in [3.8, 4) is 5.75 Å². The van der Waals surface area contributed by atoms with Crippen molar-refractivity contribution >= 4 is 29.9 Å². The molecule has 0 saturated heterocycles. The second-order valence-electron chi connectivity index (χ2n) is 6.43. The van der Waals surface area contributed by atoms with E-state index in [9.17, 15) is 13.2 Å². The molecule has 0 fully saturated rings. The fraction of sp³-hybridized carbons (Fsp3) is 0.474. The molecule has 10 heteroatoms. The number of alkyl halides is 3. The Labute approximate surface area is 186 Å². The van der Waals surface area contributed by atoms with Gasteiger partial charge in [0.25, 0.3) is 0 Å². The molecule has 162 valence electrons. The van der Waals surface area contributed by atoms with Gasteiger partial charge in [0, 0.05) is 32.4 Å². The molecule has 29 heavy (non-hydrogen) atoms. The number of hydrogen-bond donors (Lipinski definition) is 1. The predicted octanol–water partition coefficient (Wildman–Crippen LogP) is 3.84. The van der Waals surface area contributed by atoms with Gasteiger partial charge in [-0.1, -0.05) is 17.7 Å². The number of benzene rings is 1. The normalized spacial score (nSPS) is 11.8. The topological polar surface area (TPSA) is 54.7 Å². The number of guanidine groups is 1. The molecule has 0 spiro atoms. The third kappa shape index (κ3) is 7.75. The molecule has 0 saturated carbocycles. The van der Waals surface area contributed by atoms with Crippen molar-refractivity contribution in [1.82, 2.24) is 20.0 Å². The molecule has 0 aliphatic heterocycles. The summed E-state index contributed by atoms with van der Waals surface area (Å²) in [5, 5.41) is 6.59. The molecule has 0 aliphatic carbocycles. The molecule has 1 aromatic carbocycles. The van der Waals surface area contributed by atoms with Gasteiger partial charge in [0.05, 0.1) is 13.1 Å². The summed E-state index contributed by atoms with van der Waals surface area (Å²) in [6.45, 7) is 5.33. The molecule has 1 aromatic heterocycles. The number of aryl methyl sites for hydroxylation is 2. The Kier molecular flexibility index (Phi) is 9.74. The number of nitrogens with one attached hydrogen (secondary N) is 1. The summed E-state index contributed by atoms with van der Waals surface area (Å²) in [4.78, 5) is 6.15. The van der Waals surface area contributed by atoms with Crippen molar-refractivity contribution < 1.29 is 17.9 Å². The Morgan fingerprint density at radius 1 is 1.28 bits per heavy atom. The number of halogens is 4. The van der Waals surface area contributed by atoms with Crippen molar-refractivity contribution in [2.24, 2.45) is 12.0 Å². The van der Waals surface area contributed by atoms with Crippen molar-refractivity contribution in [2.75, 3.05) is 26.7 Å². The van der Waals surface area contributed by atoms with Crippen LogP contribution in [0.15, 0.2) is 35.5 Å². The van der Waals surface area contributed by atoms with E-state index in [4.69, 9.17) is 4.74 Å². The Hall–Kier alpha value is -1.98. The molecule has 1 N–H and O–H groups in total. The molecule has 1 heterocycles. The second kappa shape index (κ2) is 11.3. The summed E-state index contributed by atoms with van der Waals surface area (Å²) in [5.41, 5.74) is 0.286. The summed E-state index contributed by atoms with van der Waals surface area (Å²) in [6, 6.07) is 7.73. The lowest BCUT2D eigenvalue weighted by molar-refractivity contribution is -0.142. The Bertz CT molecular complexity index is 790. The van der Waals surface area contributed by atoms with Crippen LogP contribution in [0.25, 0.3) is 0 Å². The molecule has 0 amide bonds. The first-order valence-corrected chi connectivity index (χ1v) is 8.99. The van der Waals surface area contributed by atoms with Crippen LogP contribution >= 0.6 is 24.0 Å². The van der Waals surface area contributed by atoms with Crippen LogP contribution in [-0.2, 0) is 19.8 Å². The number of ether oxygens (including phenoxy) is 1. The molecular weight excluding hydrogens is 498 g/mol. The van der Waals surface area contributed by atoms with Crippen LogP contribution in [0.1, 0.15) is 23.7 Å². The maximum Gasteiger partial charge on any atom is 0.435 e. The number of hydrogen-bond acceptors (Lipinski definition) is 3. The summed E-state index contributed by atoms with van der Waals surface area (Å²) in [6.07, 6.45) is -3.16. The summed E-state index contributed by atoms with van der Waals surface area (Å²) in [7, 11) is 3.27. The second-order valence-corrected chi connectivity index (χ2v) is 6.43. The molecule has 0 unspecified atom stereocenters. The van der Waals surface area contributed by atoms with E-state index in [1.165, 1.54) is 13.2 Å². The minimum atomic E-state index is -4.50. The molecule has 0 radical (unpaired) electrons. The van der Waals surface area contributed by atoms with Crippen molar-refractivity contribution in [2.45, 2.75) is 26.6 Å². The number of aliphatic imine (C=N–C) groups is 1. The smallest absolute Gasteiger partial charge is 0.435 e. The highest BCUT2D eigenvalue weighted by Gasteiger charge is 2.36. The van der Waals surface area contributed by atoms with Gasteiger partial charge in [-0.3, -0.25) is 4.68 Å². The molecule has 2 aromatic rings. The highest BCUT2D eigenvalue weighted by Crippen LogP contribution is 2.30. The molecule has 0 atom stereocenters. The largest absolute Gasteiger partial charge is 0.492 e. The maximum absolute atomic E-state index is 13.1. The van der Waals surface area contributed by atoms with Crippen molar-refractivity contribution in [3.05, 3.63) is 47.3 Å². The van der Waals surface area contributed by atoms with Gasteiger partial charge in [0.15, 0.2) is 11.7 Å². The number of aromatic nitrogens is 2. The first kappa shape index (κ1) is 25.1. The Morgan fingerprint density at radius 3 is 2.52 bits per heavy atom. The quantitative estimate of drug-likeness (QED) is 0.339. The first-order valence-electron chi connectivity index (χ1n) is 8.99. The van der Waals surface area contributed by atoms with Gasteiger partial charge < -0.3 is 15.0 Å². The monoisotopic (exact) mass is 525 g/mol. The molecular formula is C19H27F3IN5O. The summed E-state index contributed by atoms with van der Waals surface area (Å²) < 4.78 is 46.1. The van der Waals surface area contributed by atoms with E-state index >= 15 is 0 Å². The third-order valence-corrected chi connectivity index (χ3v) is 3.99. The van der Waals surface area contributed by atoms with Crippen molar-refractivity contribution in [3.63, 3.8) is 0 Å². The van der Waals surface area contributed by atoms with Crippen LogP contribution in [0.2, 0.25) is 0 Å². The molecule has 0 aliphatic rings. The first-order chi connectivity index (χ1) is 13.2. The zero-order valence-corrected chi connectivity index (χ0v) is 19.3. The van der Waals surface area contributed by atoms with E-state index in [2.05, 4.69) is 15.4 Å². The standard InChI is InChI=1S/C19H26F3N5O.HI/c1-5-23-18(24-12-15-13-27(4)25-17(15)19(20,21)22)26(3)10-11-28-16-8-6-14(2)7-9-16;/h6-9,13H,5,10-12H2,1-4H3,(H,23,24);1H. The predicted molar refractivity (Wildman–Crippen MR) is 118 cm³/mol. The SMILES string of the molecule is CCNC(=NCc1cn(C)nc1C(F)(F)F)N(C)CCOc1ccc(C)cc1.I. The van der Waals surface area contributed by atoms with Gasteiger partial charge in [-0.05, 0) is 26.0 Å². The van der Waals surface area contributed by atoms with E-state index in [0.717, 1.165) is 16.0 Å². The summed E-state index contributed by atoms with van der Waals surface area (Å²) in [5.74, 6) is 1.28. The van der Waals surface area contributed by atoms with E-state index in [1.807, 2.05) is 50.1 Å². The average Bonchev–Trinajstić information content (AvgIpc) is 3.01. The lowest BCUT2D eigenvalue weighted by Crippen LogP contribution is -2.40. The Balaban J connectivity index is 0.00000420. The minimum absolute atomic E-state index is 0. The molecule has 0 bridgehead atoms. The zero-order chi connectivity index (χ0) is 20.7. The van der Waals surface area contributed by atoms with Gasteiger partial charge >= 0.3 is 6.18 Å². The maximum atomic E-state index is 13.1. The van der Waals surface area contributed by atoms with Gasteiger partial charge in [-0.2, -0.15) is 18.3 Å². The fourth-order valence-electron chi connectivity index (χ4n) is 2.56. The highest BCUT2D eigenvalue weighted by molar-refractivity contribution is 14.0. The molecule has 2 rings (SSSR count). The fourth-order valence-corrected chi connectivity index (χ4v) is 2.56. The van der Waals surface area contributed by atoms with Crippen LogP contribution in [-0.4, -0.2) is 47.4 Å².